The van der Waals surface area contributed by atoms with E-state index in [-0.39, 0.29) is 0 Å². The fraction of sp³-hybridized carbons (Fsp3) is 0.357. The second kappa shape index (κ2) is 6.07. The van der Waals surface area contributed by atoms with Gasteiger partial charge in [-0.15, -0.1) is 0 Å². The van der Waals surface area contributed by atoms with Crippen molar-refractivity contribution in [2.45, 2.75) is 18.6 Å². The smallest absolute Gasteiger partial charge is 0.169 e. The maximum Gasteiger partial charge on any atom is 0.169 e. The molecular weight excluding hydrogens is 244 g/mol. The summed E-state index contributed by atoms with van der Waals surface area (Å²) in [7, 11) is 1.72. The molecule has 2 aromatic rings. The van der Waals surface area contributed by atoms with E-state index in [1.165, 1.54) is 5.52 Å². The topological polar surface area (TPSA) is 27.1 Å². The third-order valence-corrected chi connectivity index (χ3v) is 3.79. The minimum Gasteiger partial charge on any atom is -0.383 e. The summed E-state index contributed by atoms with van der Waals surface area (Å²) >= 11 is 1.73. The summed E-state index contributed by atoms with van der Waals surface area (Å²) in [6, 6.07) is 8.20. The van der Waals surface area contributed by atoms with Crippen molar-refractivity contribution in [3.05, 3.63) is 36.4 Å². The normalized spacial score (nSPS) is 11.0. The zero-order chi connectivity index (χ0) is 13.0. The summed E-state index contributed by atoms with van der Waals surface area (Å²) in [5.41, 5.74) is 3.36. The molecule has 0 radical (unpaired) electrons. The number of methoxy groups -OCH3 is 1. The first-order valence-corrected chi connectivity index (χ1v) is 6.92. The van der Waals surface area contributed by atoms with Gasteiger partial charge in [0.1, 0.15) is 0 Å². The highest BCUT2D eigenvalue weighted by atomic mass is 32.2. The number of imidazole rings is 1. The van der Waals surface area contributed by atoms with Gasteiger partial charge in [0.05, 0.1) is 17.6 Å². The largest absolute Gasteiger partial charge is 0.383 e. The Morgan fingerprint density at radius 1 is 1.44 bits per heavy atom. The predicted octanol–water partition coefficient (Wildman–Crippen LogP) is 3.35. The molecule has 0 N–H and O–H groups in total. The molecule has 4 heteroatoms. The Morgan fingerprint density at radius 2 is 2.22 bits per heavy atom. The van der Waals surface area contributed by atoms with Gasteiger partial charge in [0.15, 0.2) is 5.16 Å². The number of aromatic nitrogens is 2. The van der Waals surface area contributed by atoms with E-state index in [9.17, 15) is 0 Å². The Morgan fingerprint density at radius 3 is 2.94 bits per heavy atom. The standard InChI is InChI=1S/C14H18N2OS/c1-11(2)10-18-14-15-12-6-4-5-7-13(12)16(14)8-9-17-3/h4-7H,1,8-10H2,2-3H3. The van der Waals surface area contributed by atoms with Crippen LogP contribution in [0.4, 0.5) is 0 Å². The molecule has 18 heavy (non-hydrogen) atoms. The average molecular weight is 262 g/mol. The Kier molecular flexibility index (Phi) is 4.44. The van der Waals surface area contributed by atoms with E-state index >= 15 is 0 Å². The van der Waals surface area contributed by atoms with Crippen LogP contribution in [0.15, 0.2) is 41.6 Å². The summed E-state index contributed by atoms with van der Waals surface area (Å²) in [6.07, 6.45) is 0. The van der Waals surface area contributed by atoms with E-state index in [1.807, 2.05) is 25.1 Å². The van der Waals surface area contributed by atoms with E-state index in [2.05, 4.69) is 22.2 Å². The van der Waals surface area contributed by atoms with Crippen molar-refractivity contribution in [3.8, 4) is 0 Å². The third kappa shape index (κ3) is 2.94. The minimum absolute atomic E-state index is 0.695. The molecule has 0 spiro atoms. The SMILES string of the molecule is C=C(C)CSc1nc2ccccc2n1CCOC. The van der Waals surface area contributed by atoms with Crippen molar-refractivity contribution >= 4 is 22.8 Å². The zero-order valence-electron chi connectivity index (χ0n) is 10.8. The van der Waals surface area contributed by atoms with Crippen molar-refractivity contribution in [1.82, 2.24) is 9.55 Å². The number of hydrogen-bond acceptors (Lipinski definition) is 3. The fourth-order valence-corrected chi connectivity index (χ4v) is 2.63. The minimum atomic E-state index is 0.695. The maximum absolute atomic E-state index is 5.17. The van der Waals surface area contributed by atoms with Crippen molar-refractivity contribution in [1.29, 1.82) is 0 Å². The van der Waals surface area contributed by atoms with Crippen molar-refractivity contribution in [3.63, 3.8) is 0 Å². The highest BCUT2D eigenvalue weighted by Crippen LogP contribution is 2.25. The van der Waals surface area contributed by atoms with E-state index in [4.69, 9.17) is 4.74 Å². The molecule has 1 aromatic carbocycles. The summed E-state index contributed by atoms with van der Waals surface area (Å²) < 4.78 is 7.38. The fourth-order valence-electron chi connectivity index (χ4n) is 1.75. The maximum atomic E-state index is 5.17. The lowest BCUT2D eigenvalue weighted by Crippen LogP contribution is -2.05. The number of fused-ring (bicyclic) bond motifs is 1. The highest BCUT2D eigenvalue weighted by Gasteiger charge is 2.10. The molecule has 0 atom stereocenters. The van der Waals surface area contributed by atoms with E-state index < -0.39 is 0 Å². The van der Waals surface area contributed by atoms with Gasteiger partial charge in [-0.1, -0.05) is 36.0 Å². The second-order valence-corrected chi connectivity index (χ2v) is 5.22. The molecule has 0 bridgehead atoms. The van der Waals surface area contributed by atoms with Gasteiger partial charge >= 0.3 is 0 Å². The Hall–Kier alpha value is -1.26. The van der Waals surface area contributed by atoms with Crippen LogP contribution in [-0.4, -0.2) is 29.0 Å². The van der Waals surface area contributed by atoms with Gasteiger partial charge < -0.3 is 9.30 Å². The van der Waals surface area contributed by atoms with Gasteiger partial charge in [0.2, 0.25) is 0 Å². The first kappa shape index (κ1) is 13.2. The van der Waals surface area contributed by atoms with Crippen molar-refractivity contribution in [2.24, 2.45) is 0 Å². The number of hydrogen-bond donors (Lipinski definition) is 0. The van der Waals surface area contributed by atoms with E-state index in [0.29, 0.717) is 6.61 Å². The Balaban J connectivity index is 2.33. The number of para-hydroxylation sites is 2. The van der Waals surface area contributed by atoms with Gasteiger partial charge in [-0.3, -0.25) is 0 Å². The molecule has 0 unspecified atom stereocenters. The van der Waals surface area contributed by atoms with Crippen LogP contribution >= 0.6 is 11.8 Å². The molecular formula is C14H18N2OS. The van der Waals surface area contributed by atoms with Gasteiger partial charge in [-0.05, 0) is 19.1 Å². The number of benzene rings is 1. The molecule has 0 fully saturated rings. The van der Waals surface area contributed by atoms with Crippen LogP contribution in [0.5, 0.6) is 0 Å². The van der Waals surface area contributed by atoms with Gasteiger partial charge in [0.25, 0.3) is 0 Å². The van der Waals surface area contributed by atoms with Crippen molar-refractivity contribution in [2.75, 3.05) is 19.5 Å². The molecule has 0 aliphatic heterocycles. The lowest BCUT2D eigenvalue weighted by atomic mass is 10.3. The highest BCUT2D eigenvalue weighted by molar-refractivity contribution is 7.99. The van der Waals surface area contributed by atoms with E-state index in [1.54, 1.807) is 18.9 Å². The molecule has 0 saturated carbocycles. The van der Waals surface area contributed by atoms with Crippen LogP contribution in [0, 0.1) is 0 Å². The summed E-state index contributed by atoms with van der Waals surface area (Å²) in [5.74, 6) is 0.899. The zero-order valence-corrected chi connectivity index (χ0v) is 11.7. The monoisotopic (exact) mass is 262 g/mol. The summed E-state index contributed by atoms with van der Waals surface area (Å²) in [4.78, 5) is 4.67. The van der Waals surface area contributed by atoms with Crippen LogP contribution < -0.4 is 0 Å². The van der Waals surface area contributed by atoms with Crippen molar-refractivity contribution < 1.29 is 4.74 Å². The molecule has 3 nitrogen and oxygen atoms in total. The summed E-state index contributed by atoms with van der Waals surface area (Å²) in [5, 5.41) is 1.04. The molecule has 0 aliphatic rings. The first-order valence-electron chi connectivity index (χ1n) is 5.93. The average Bonchev–Trinajstić information content (AvgIpc) is 2.71. The van der Waals surface area contributed by atoms with Crippen LogP contribution in [0.2, 0.25) is 0 Å². The molecule has 0 amide bonds. The molecule has 96 valence electrons. The molecule has 2 rings (SSSR count). The lowest BCUT2D eigenvalue weighted by molar-refractivity contribution is 0.186. The lowest BCUT2D eigenvalue weighted by Gasteiger charge is -2.07. The Bertz CT molecular complexity index is 548. The summed E-state index contributed by atoms with van der Waals surface area (Å²) in [6.45, 7) is 7.49. The number of ether oxygens (including phenoxy) is 1. The van der Waals surface area contributed by atoms with Gasteiger partial charge in [0, 0.05) is 19.4 Å². The predicted molar refractivity (Wildman–Crippen MR) is 77.1 cm³/mol. The van der Waals surface area contributed by atoms with Crippen LogP contribution in [0.3, 0.4) is 0 Å². The van der Waals surface area contributed by atoms with E-state index in [0.717, 1.165) is 28.5 Å². The molecule has 0 saturated heterocycles. The van der Waals surface area contributed by atoms with Crippen LogP contribution in [0.1, 0.15) is 6.92 Å². The van der Waals surface area contributed by atoms with Gasteiger partial charge in [-0.2, -0.15) is 0 Å². The molecule has 1 heterocycles. The number of rotatable bonds is 6. The quantitative estimate of drug-likeness (QED) is 0.590. The molecule has 1 aromatic heterocycles. The third-order valence-electron chi connectivity index (χ3n) is 2.59. The number of thioether (sulfide) groups is 1. The Labute approximate surface area is 112 Å². The van der Waals surface area contributed by atoms with Crippen LogP contribution in [-0.2, 0) is 11.3 Å². The second-order valence-electron chi connectivity index (χ2n) is 4.27. The molecule has 0 aliphatic carbocycles. The van der Waals surface area contributed by atoms with Crippen LogP contribution in [0.25, 0.3) is 11.0 Å². The number of nitrogens with zero attached hydrogens (tertiary/aromatic N) is 2. The first-order chi connectivity index (χ1) is 8.72. The van der Waals surface area contributed by atoms with Gasteiger partial charge in [-0.25, -0.2) is 4.98 Å².